The minimum Gasteiger partial charge on any atom is -0.400 e. The highest BCUT2D eigenvalue weighted by molar-refractivity contribution is 6.51. The molecule has 0 aromatic carbocycles. The van der Waals surface area contributed by atoms with E-state index in [2.05, 4.69) is 33.7 Å². The summed E-state index contributed by atoms with van der Waals surface area (Å²) in [5.41, 5.74) is 0.566. The van der Waals surface area contributed by atoms with Gasteiger partial charge in [-0.1, -0.05) is 25.2 Å². The molecule has 2 heterocycles. The molecule has 0 aromatic heterocycles. The summed E-state index contributed by atoms with van der Waals surface area (Å²) >= 11 is 0. The summed E-state index contributed by atoms with van der Waals surface area (Å²) in [5, 5.41) is 0. The van der Waals surface area contributed by atoms with Gasteiger partial charge in [-0.25, -0.2) is 0 Å². The standard InChI is InChI=1S/C18H31BO4/c1-6-20-15-12-14(18(21-15)10-8-7-9-11-18)13-19-22-16(2,3)17(4,5)23-19/h13,15H,6-12H2,1-5H3/b14-13+. The average molecular weight is 322 g/mol. The second-order valence-corrected chi connectivity index (χ2v) is 8.08. The molecule has 0 amide bonds. The Kier molecular flexibility index (Phi) is 4.69. The van der Waals surface area contributed by atoms with Crippen molar-refractivity contribution in [2.24, 2.45) is 0 Å². The van der Waals surface area contributed by atoms with Crippen LogP contribution < -0.4 is 0 Å². The van der Waals surface area contributed by atoms with E-state index in [4.69, 9.17) is 18.8 Å². The minimum absolute atomic E-state index is 0.119. The molecule has 2 aliphatic heterocycles. The second-order valence-electron chi connectivity index (χ2n) is 8.08. The van der Waals surface area contributed by atoms with Crippen molar-refractivity contribution in [3.05, 3.63) is 11.5 Å². The lowest BCUT2D eigenvalue weighted by atomic mass is 9.74. The molecule has 5 heteroatoms. The third-order valence-corrected chi connectivity index (χ3v) is 5.95. The lowest BCUT2D eigenvalue weighted by Gasteiger charge is -2.34. The molecule has 1 spiro atoms. The average Bonchev–Trinajstić information content (AvgIpc) is 2.86. The Bertz CT molecular complexity index is 450. The number of hydrogen-bond donors (Lipinski definition) is 0. The predicted octanol–water partition coefficient (Wildman–Crippen LogP) is 4.03. The van der Waals surface area contributed by atoms with E-state index in [1.165, 1.54) is 24.8 Å². The molecule has 3 aliphatic rings. The second kappa shape index (κ2) is 6.18. The molecule has 1 atom stereocenters. The number of ether oxygens (including phenoxy) is 2. The molecular weight excluding hydrogens is 291 g/mol. The summed E-state index contributed by atoms with van der Waals surface area (Å²) in [5.74, 6) is 2.17. The highest BCUT2D eigenvalue weighted by Gasteiger charge is 2.52. The van der Waals surface area contributed by atoms with E-state index in [0.717, 1.165) is 19.3 Å². The summed E-state index contributed by atoms with van der Waals surface area (Å²) in [6, 6.07) is 0. The van der Waals surface area contributed by atoms with E-state index in [9.17, 15) is 0 Å². The largest absolute Gasteiger partial charge is 0.487 e. The Morgan fingerprint density at radius 3 is 2.26 bits per heavy atom. The molecule has 1 aliphatic carbocycles. The lowest BCUT2D eigenvalue weighted by Crippen LogP contribution is -2.41. The maximum absolute atomic E-state index is 6.36. The van der Waals surface area contributed by atoms with E-state index in [1.807, 2.05) is 6.92 Å². The van der Waals surface area contributed by atoms with Crippen molar-refractivity contribution in [3.8, 4) is 0 Å². The van der Waals surface area contributed by atoms with Crippen LogP contribution in [0.5, 0.6) is 0 Å². The minimum atomic E-state index is -0.298. The zero-order valence-electron chi connectivity index (χ0n) is 15.3. The molecule has 3 fully saturated rings. The fraction of sp³-hybridized carbons (Fsp3) is 0.889. The molecular formula is C18H31BO4. The predicted molar refractivity (Wildman–Crippen MR) is 91.1 cm³/mol. The van der Waals surface area contributed by atoms with Crippen LogP contribution in [0.3, 0.4) is 0 Å². The first-order valence-electron chi connectivity index (χ1n) is 9.14. The van der Waals surface area contributed by atoms with Crippen molar-refractivity contribution in [1.82, 2.24) is 0 Å². The third kappa shape index (κ3) is 3.26. The van der Waals surface area contributed by atoms with Crippen LogP contribution >= 0.6 is 0 Å². The van der Waals surface area contributed by atoms with Crippen LogP contribution in [0, 0.1) is 0 Å². The van der Waals surface area contributed by atoms with E-state index in [-0.39, 0.29) is 30.2 Å². The van der Waals surface area contributed by atoms with E-state index >= 15 is 0 Å². The first-order chi connectivity index (χ1) is 10.8. The molecule has 0 aromatic rings. The third-order valence-electron chi connectivity index (χ3n) is 5.95. The maximum Gasteiger partial charge on any atom is 0.487 e. The molecule has 4 nitrogen and oxygen atoms in total. The first-order valence-corrected chi connectivity index (χ1v) is 9.14. The van der Waals surface area contributed by atoms with E-state index < -0.39 is 0 Å². The zero-order chi connectivity index (χ0) is 16.7. The van der Waals surface area contributed by atoms with Crippen LogP contribution in [0.2, 0.25) is 0 Å². The van der Waals surface area contributed by atoms with Gasteiger partial charge in [0.1, 0.15) is 0 Å². The number of hydrogen-bond acceptors (Lipinski definition) is 4. The van der Waals surface area contributed by atoms with Gasteiger partial charge >= 0.3 is 7.12 Å². The van der Waals surface area contributed by atoms with Gasteiger partial charge in [-0.05, 0) is 53.0 Å². The van der Waals surface area contributed by atoms with Gasteiger partial charge in [0, 0.05) is 13.0 Å². The lowest BCUT2D eigenvalue weighted by molar-refractivity contribution is -0.170. The van der Waals surface area contributed by atoms with E-state index in [1.54, 1.807) is 0 Å². The normalized spacial score (nSPS) is 33.7. The molecule has 1 saturated carbocycles. The van der Waals surface area contributed by atoms with E-state index in [0.29, 0.717) is 6.61 Å². The van der Waals surface area contributed by atoms with Gasteiger partial charge in [0.05, 0.1) is 16.8 Å². The summed E-state index contributed by atoms with van der Waals surface area (Å²) in [7, 11) is -0.294. The highest BCUT2D eigenvalue weighted by Crippen LogP contribution is 2.47. The molecule has 130 valence electrons. The van der Waals surface area contributed by atoms with Crippen LogP contribution in [-0.4, -0.2) is 36.8 Å². The van der Waals surface area contributed by atoms with Crippen LogP contribution in [-0.2, 0) is 18.8 Å². The molecule has 23 heavy (non-hydrogen) atoms. The first kappa shape index (κ1) is 17.5. The Morgan fingerprint density at radius 2 is 1.70 bits per heavy atom. The van der Waals surface area contributed by atoms with Crippen LogP contribution in [0.4, 0.5) is 0 Å². The molecule has 1 unspecified atom stereocenters. The monoisotopic (exact) mass is 322 g/mol. The Morgan fingerprint density at radius 1 is 1.09 bits per heavy atom. The fourth-order valence-corrected chi connectivity index (χ4v) is 3.92. The van der Waals surface area contributed by atoms with Gasteiger partial charge in [0.2, 0.25) is 0 Å². The zero-order valence-corrected chi connectivity index (χ0v) is 15.3. The maximum atomic E-state index is 6.36. The smallest absolute Gasteiger partial charge is 0.400 e. The van der Waals surface area contributed by atoms with Gasteiger partial charge in [-0.3, -0.25) is 0 Å². The van der Waals surface area contributed by atoms with Crippen molar-refractivity contribution >= 4 is 7.12 Å². The van der Waals surface area contributed by atoms with Gasteiger partial charge < -0.3 is 18.8 Å². The molecule has 0 radical (unpaired) electrons. The van der Waals surface area contributed by atoms with Crippen molar-refractivity contribution < 1.29 is 18.8 Å². The van der Waals surface area contributed by atoms with Gasteiger partial charge in [0.15, 0.2) is 6.29 Å². The number of rotatable bonds is 3. The molecule has 3 rings (SSSR count). The SMILES string of the molecule is CCOC1C/C(=C\B2OC(C)(C)C(C)(C)O2)C2(CCCCC2)O1. The topological polar surface area (TPSA) is 36.9 Å². The van der Waals surface area contributed by atoms with Gasteiger partial charge in [-0.15, -0.1) is 0 Å². The highest BCUT2D eigenvalue weighted by atomic mass is 16.7. The van der Waals surface area contributed by atoms with Crippen LogP contribution in [0.1, 0.15) is 73.1 Å². The Labute approximate surface area is 141 Å². The Hall–Kier alpha value is -0.355. The van der Waals surface area contributed by atoms with Crippen LogP contribution in [0.25, 0.3) is 0 Å². The fourth-order valence-electron chi connectivity index (χ4n) is 3.92. The van der Waals surface area contributed by atoms with Gasteiger partial charge in [0.25, 0.3) is 0 Å². The van der Waals surface area contributed by atoms with Gasteiger partial charge in [-0.2, -0.15) is 0 Å². The van der Waals surface area contributed by atoms with Crippen molar-refractivity contribution in [1.29, 1.82) is 0 Å². The quantitative estimate of drug-likeness (QED) is 0.735. The van der Waals surface area contributed by atoms with Crippen molar-refractivity contribution in [2.75, 3.05) is 6.61 Å². The van der Waals surface area contributed by atoms with Crippen molar-refractivity contribution in [2.45, 2.75) is 96.2 Å². The Balaban J connectivity index is 1.81. The summed E-state index contributed by atoms with van der Waals surface area (Å²) in [4.78, 5) is 0. The summed E-state index contributed by atoms with van der Waals surface area (Å²) in [6.45, 7) is 11.1. The van der Waals surface area contributed by atoms with Crippen LogP contribution in [0.15, 0.2) is 11.5 Å². The summed E-state index contributed by atoms with van der Waals surface area (Å²) < 4.78 is 24.4. The van der Waals surface area contributed by atoms with Crippen molar-refractivity contribution in [3.63, 3.8) is 0 Å². The molecule has 0 bridgehead atoms. The molecule has 0 N–H and O–H groups in total. The molecule has 2 saturated heterocycles. The summed E-state index contributed by atoms with van der Waals surface area (Å²) in [6.07, 6.45) is 6.63.